The van der Waals surface area contributed by atoms with E-state index in [2.05, 4.69) is 71.4 Å². The monoisotopic (exact) mass is 289 g/mol. The van der Waals surface area contributed by atoms with Crippen LogP contribution in [0, 0.1) is 0 Å². The minimum atomic E-state index is -0.0905. The van der Waals surface area contributed by atoms with E-state index in [1.807, 2.05) is 0 Å². The van der Waals surface area contributed by atoms with Gasteiger partial charge in [-0.05, 0) is 55.6 Å². The lowest BCUT2D eigenvalue weighted by Crippen LogP contribution is -2.12. The van der Waals surface area contributed by atoms with E-state index in [1.165, 1.54) is 32.7 Å². The molecule has 2 heteroatoms. The van der Waals surface area contributed by atoms with Crippen molar-refractivity contribution in [2.75, 3.05) is 0 Å². The zero-order chi connectivity index (χ0) is 14.2. The first-order valence-corrected chi connectivity index (χ1v) is 7.97. The molecule has 0 fully saturated rings. The first kappa shape index (κ1) is 12.6. The predicted molar refractivity (Wildman–Crippen MR) is 91.8 cm³/mol. The minimum absolute atomic E-state index is 0.0905. The van der Waals surface area contributed by atoms with Crippen LogP contribution in [0.15, 0.2) is 71.4 Å². The molecule has 0 spiro atoms. The Labute approximate surface area is 127 Å². The lowest BCUT2D eigenvalue weighted by molar-refractivity contribution is 0.895. The van der Waals surface area contributed by atoms with Gasteiger partial charge in [0.05, 0.1) is 6.04 Å². The second kappa shape index (κ2) is 4.99. The first-order chi connectivity index (χ1) is 10.3. The quantitative estimate of drug-likeness (QED) is 0.510. The number of fused-ring (bicyclic) bond motifs is 2. The van der Waals surface area contributed by atoms with Crippen LogP contribution in [0.2, 0.25) is 0 Å². The molecule has 1 nitrogen and oxygen atoms in total. The van der Waals surface area contributed by atoms with Crippen LogP contribution in [-0.2, 0) is 0 Å². The van der Waals surface area contributed by atoms with Crippen LogP contribution in [0.1, 0.15) is 17.2 Å². The molecule has 1 atom stereocenters. The van der Waals surface area contributed by atoms with E-state index in [-0.39, 0.29) is 6.04 Å². The highest BCUT2D eigenvalue weighted by atomic mass is 32.1. The van der Waals surface area contributed by atoms with Crippen LogP contribution in [0.5, 0.6) is 0 Å². The highest BCUT2D eigenvalue weighted by Gasteiger charge is 2.16. The molecule has 0 aliphatic heterocycles. The number of benzene rings is 3. The highest BCUT2D eigenvalue weighted by Crippen LogP contribution is 2.35. The summed E-state index contributed by atoms with van der Waals surface area (Å²) in [5.41, 5.74) is 9.01. The molecule has 21 heavy (non-hydrogen) atoms. The third kappa shape index (κ3) is 2.04. The van der Waals surface area contributed by atoms with E-state index < -0.39 is 0 Å². The maximum absolute atomic E-state index is 6.60. The Hall–Kier alpha value is -2.16. The fourth-order valence-electron chi connectivity index (χ4n) is 3.00. The zero-order valence-corrected chi connectivity index (χ0v) is 12.3. The van der Waals surface area contributed by atoms with Crippen molar-refractivity contribution in [2.45, 2.75) is 6.04 Å². The lowest BCUT2D eigenvalue weighted by Gasteiger charge is -2.17. The summed E-state index contributed by atoms with van der Waals surface area (Å²) in [7, 11) is 0. The van der Waals surface area contributed by atoms with Gasteiger partial charge >= 0.3 is 0 Å². The molecule has 0 saturated carbocycles. The van der Waals surface area contributed by atoms with Crippen LogP contribution in [0.25, 0.3) is 21.5 Å². The summed E-state index contributed by atoms with van der Waals surface area (Å²) in [6, 6.07) is 21.3. The van der Waals surface area contributed by atoms with Crippen molar-refractivity contribution in [3.63, 3.8) is 0 Å². The number of thiophene rings is 1. The topological polar surface area (TPSA) is 26.0 Å². The van der Waals surface area contributed by atoms with E-state index in [0.29, 0.717) is 0 Å². The van der Waals surface area contributed by atoms with Gasteiger partial charge in [0.1, 0.15) is 0 Å². The van der Waals surface area contributed by atoms with Gasteiger partial charge in [0.15, 0.2) is 0 Å². The maximum atomic E-state index is 6.60. The molecule has 102 valence electrons. The molecular formula is C19H15NS. The van der Waals surface area contributed by atoms with E-state index in [9.17, 15) is 0 Å². The SMILES string of the molecule is N[C@@H](c1ccsc1)c1c2ccccc2cc2ccccc12. The summed E-state index contributed by atoms with van der Waals surface area (Å²) in [4.78, 5) is 0. The smallest absolute Gasteiger partial charge is 0.0572 e. The summed E-state index contributed by atoms with van der Waals surface area (Å²) in [6.45, 7) is 0. The molecule has 3 aromatic carbocycles. The van der Waals surface area contributed by atoms with Gasteiger partial charge in [-0.15, -0.1) is 0 Å². The number of rotatable bonds is 2. The molecule has 0 unspecified atom stereocenters. The largest absolute Gasteiger partial charge is 0.320 e. The molecule has 4 rings (SSSR count). The van der Waals surface area contributed by atoms with Crippen molar-refractivity contribution >= 4 is 32.9 Å². The Bertz CT molecular complexity index is 855. The molecule has 0 aliphatic rings. The first-order valence-electron chi connectivity index (χ1n) is 7.02. The van der Waals surface area contributed by atoms with Gasteiger partial charge in [-0.1, -0.05) is 48.5 Å². The third-order valence-corrected chi connectivity index (χ3v) is 4.73. The van der Waals surface area contributed by atoms with Crippen LogP contribution in [-0.4, -0.2) is 0 Å². The fourth-order valence-corrected chi connectivity index (χ4v) is 3.70. The Balaban J connectivity index is 2.11. The van der Waals surface area contributed by atoms with E-state index >= 15 is 0 Å². The van der Waals surface area contributed by atoms with Crippen molar-refractivity contribution in [2.24, 2.45) is 5.73 Å². The molecule has 4 aromatic rings. The molecule has 2 N–H and O–H groups in total. The van der Waals surface area contributed by atoms with Crippen LogP contribution >= 0.6 is 11.3 Å². The van der Waals surface area contributed by atoms with Gasteiger partial charge in [-0.25, -0.2) is 0 Å². The molecule has 1 heterocycles. The van der Waals surface area contributed by atoms with Crippen LogP contribution in [0.3, 0.4) is 0 Å². The fraction of sp³-hybridized carbons (Fsp3) is 0.0526. The third-order valence-electron chi connectivity index (χ3n) is 4.03. The number of hydrogen-bond donors (Lipinski definition) is 1. The summed E-state index contributed by atoms with van der Waals surface area (Å²) >= 11 is 1.69. The molecule has 1 aromatic heterocycles. The average molecular weight is 289 g/mol. The van der Waals surface area contributed by atoms with Gasteiger partial charge in [0.25, 0.3) is 0 Å². The van der Waals surface area contributed by atoms with Crippen molar-refractivity contribution in [1.29, 1.82) is 0 Å². The molecule has 0 saturated heterocycles. The van der Waals surface area contributed by atoms with Gasteiger partial charge in [-0.3, -0.25) is 0 Å². The summed E-state index contributed by atoms with van der Waals surface area (Å²) in [5.74, 6) is 0. The van der Waals surface area contributed by atoms with Crippen molar-refractivity contribution in [3.05, 3.63) is 82.6 Å². The molecule has 0 aliphatic carbocycles. The van der Waals surface area contributed by atoms with Crippen molar-refractivity contribution in [3.8, 4) is 0 Å². The van der Waals surface area contributed by atoms with Gasteiger partial charge < -0.3 is 5.73 Å². The maximum Gasteiger partial charge on any atom is 0.0572 e. The zero-order valence-electron chi connectivity index (χ0n) is 11.5. The number of hydrogen-bond acceptors (Lipinski definition) is 2. The second-order valence-electron chi connectivity index (χ2n) is 5.27. The molecule has 0 amide bonds. The summed E-state index contributed by atoms with van der Waals surface area (Å²) < 4.78 is 0. The van der Waals surface area contributed by atoms with E-state index in [1.54, 1.807) is 11.3 Å². The van der Waals surface area contributed by atoms with Crippen LogP contribution in [0.4, 0.5) is 0 Å². The standard InChI is InChI=1S/C19H15NS/c20-19(15-9-10-21-12-15)18-16-7-3-1-5-13(16)11-14-6-2-4-8-17(14)18/h1-12,19H,20H2/t19-/m0/s1. The summed E-state index contributed by atoms with van der Waals surface area (Å²) in [5, 5.41) is 9.21. The van der Waals surface area contributed by atoms with Crippen LogP contribution < -0.4 is 5.73 Å². The van der Waals surface area contributed by atoms with Crippen molar-refractivity contribution in [1.82, 2.24) is 0 Å². The Morgan fingerprint density at radius 1 is 0.810 bits per heavy atom. The average Bonchev–Trinajstić information content (AvgIpc) is 3.06. The molecule has 0 radical (unpaired) electrons. The van der Waals surface area contributed by atoms with Gasteiger partial charge in [-0.2, -0.15) is 11.3 Å². The molecule has 0 bridgehead atoms. The van der Waals surface area contributed by atoms with Crippen molar-refractivity contribution < 1.29 is 0 Å². The second-order valence-corrected chi connectivity index (χ2v) is 6.05. The predicted octanol–water partition coefficient (Wildman–Crippen LogP) is 5.10. The Morgan fingerprint density at radius 2 is 1.43 bits per heavy atom. The lowest BCUT2D eigenvalue weighted by atomic mass is 9.90. The highest BCUT2D eigenvalue weighted by molar-refractivity contribution is 7.08. The Morgan fingerprint density at radius 3 is 2.00 bits per heavy atom. The number of nitrogens with two attached hydrogens (primary N) is 1. The normalized spacial score (nSPS) is 12.8. The Kier molecular flexibility index (Phi) is 2.99. The summed E-state index contributed by atoms with van der Waals surface area (Å²) in [6.07, 6.45) is 0. The molecular weight excluding hydrogens is 274 g/mol. The minimum Gasteiger partial charge on any atom is -0.320 e. The van der Waals surface area contributed by atoms with Gasteiger partial charge in [0.2, 0.25) is 0 Å². The van der Waals surface area contributed by atoms with E-state index in [4.69, 9.17) is 5.73 Å². The van der Waals surface area contributed by atoms with E-state index in [0.717, 1.165) is 0 Å². The van der Waals surface area contributed by atoms with Gasteiger partial charge in [0, 0.05) is 0 Å².